The zero-order valence-corrected chi connectivity index (χ0v) is 10.5. The molecular formula is C13H22O3. The van der Waals surface area contributed by atoms with Crippen LogP contribution in [0.2, 0.25) is 0 Å². The second-order valence-electron chi connectivity index (χ2n) is 4.76. The van der Waals surface area contributed by atoms with Gasteiger partial charge < -0.3 is 9.47 Å². The van der Waals surface area contributed by atoms with Crippen molar-refractivity contribution in [1.29, 1.82) is 0 Å². The number of hydrogen-bond donors (Lipinski definition) is 0. The van der Waals surface area contributed by atoms with Gasteiger partial charge in [0, 0.05) is 12.7 Å². The molecule has 0 aromatic rings. The van der Waals surface area contributed by atoms with E-state index in [9.17, 15) is 4.79 Å². The van der Waals surface area contributed by atoms with Crippen LogP contribution in [-0.2, 0) is 14.3 Å². The Labute approximate surface area is 97.8 Å². The van der Waals surface area contributed by atoms with Gasteiger partial charge >= 0.3 is 5.97 Å². The molecule has 0 aliphatic heterocycles. The van der Waals surface area contributed by atoms with Crippen LogP contribution in [0.3, 0.4) is 0 Å². The summed E-state index contributed by atoms with van der Waals surface area (Å²) in [6.07, 6.45) is 4.00. The minimum atomic E-state index is -0.304. The average molecular weight is 226 g/mol. The molecule has 1 rings (SSSR count). The Hall–Kier alpha value is -0.830. The van der Waals surface area contributed by atoms with Crippen molar-refractivity contribution in [2.24, 2.45) is 5.92 Å². The summed E-state index contributed by atoms with van der Waals surface area (Å²) in [4.78, 5) is 11.5. The molecule has 0 bridgehead atoms. The normalized spacial score (nSPS) is 30.6. The Kier molecular flexibility index (Phi) is 5.00. The van der Waals surface area contributed by atoms with Crippen molar-refractivity contribution in [2.45, 2.75) is 51.7 Å². The van der Waals surface area contributed by atoms with Gasteiger partial charge in [0.25, 0.3) is 0 Å². The minimum absolute atomic E-state index is 0.0354. The zero-order chi connectivity index (χ0) is 12.1. The van der Waals surface area contributed by atoms with Gasteiger partial charge in [0.15, 0.2) is 0 Å². The predicted octanol–water partition coefficient (Wildman–Crippen LogP) is 2.70. The molecule has 0 radical (unpaired) electrons. The second-order valence-corrected chi connectivity index (χ2v) is 4.76. The first kappa shape index (κ1) is 13.2. The third-order valence-electron chi connectivity index (χ3n) is 3.21. The Morgan fingerprint density at radius 2 is 1.75 bits per heavy atom. The quantitative estimate of drug-likeness (QED) is 0.421. The minimum Gasteiger partial charge on any atom is -0.456 e. The summed E-state index contributed by atoms with van der Waals surface area (Å²) in [5, 5.41) is 0. The van der Waals surface area contributed by atoms with Crippen LogP contribution >= 0.6 is 0 Å². The van der Waals surface area contributed by atoms with E-state index in [4.69, 9.17) is 9.47 Å². The molecule has 1 aliphatic carbocycles. The van der Waals surface area contributed by atoms with Crippen LogP contribution in [0, 0.1) is 5.92 Å². The number of methoxy groups -OCH3 is 1. The standard InChI is InChI=1S/C13H22O3/c1-9(2)13(14)16-12-8-6-10(3)5-7-11(12)15-4/h10-12H,1,5-8H2,2-4H3. The molecule has 3 nitrogen and oxygen atoms in total. The molecule has 0 heterocycles. The predicted molar refractivity (Wildman–Crippen MR) is 63.1 cm³/mol. The van der Waals surface area contributed by atoms with E-state index in [1.165, 1.54) is 0 Å². The van der Waals surface area contributed by atoms with E-state index in [0.717, 1.165) is 25.7 Å². The molecule has 0 N–H and O–H groups in total. The molecule has 0 amide bonds. The van der Waals surface area contributed by atoms with Crippen molar-refractivity contribution in [1.82, 2.24) is 0 Å². The molecule has 1 saturated carbocycles. The Morgan fingerprint density at radius 3 is 2.25 bits per heavy atom. The van der Waals surface area contributed by atoms with Crippen LogP contribution in [-0.4, -0.2) is 25.3 Å². The summed E-state index contributed by atoms with van der Waals surface area (Å²) < 4.78 is 10.8. The number of hydrogen-bond acceptors (Lipinski definition) is 3. The highest BCUT2D eigenvalue weighted by Crippen LogP contribution is 2.27. The number of esters is 1. The fraction of sp³-hybridized carbons (Fsp3) is 0.769. The molecule has 1 fully saturated rings. The molecule has 0 saturated heterocycles. The van der Waals surface area contributed by atoms with E-state index >= 15 is 0 Å². The number of carbonyl (C=O) groups is 1. The molecular weight excluding hydrogens is 204 g/mol. The number of ether oxygens (including phenoxy) is 2. The highest BCUT2D eigenvalue weighted by Gasteiger charge is 2.28. The molecule has 0 spiro atoms. The summed E-state index contributed by atoms with van der Waals surface area (Å²) in [5.41, 5.74) is 0.451. The summed E-state index contributed by atoms with van der Waals surface area (Å²) in [6, 6.07) is 0. The fourth-order valence-electron chi connectivity index (χ4n) is 2.06. The van der Waals surface area contributed by atoms with Crippen LogP contribution in [0.4, 0.5) is 0 Å². The van der Waals surface area contributed by atoms with Crippen molar-refractivity contribution in [3.05, 3.63) is 12.2 Å². The van der Waals surface area contributed by atoms with Crippen LogP contribution in [0.15, 0.2) is 12.2 Å². The maximum Gasteiger partial charge on any atom is 0.333 e. The lowest BCUT2D eigenvalue weighted by Gasteiger charge is -2.23. The third kappa shape index (κ3) is 3.63. The smallest absolute Gasteiger partial charge is 0.333 e. The molecule has 3 atom stereocenters. The van der Waals surface area contributed by atoms with E-state index < -0.39 is 0 Å². The van der Waals surface area contributed by atoms with E-state index in [2.05, 4.69) is 13.5 Å². The highest BCUT2D eigenvalue weighted by atomic mass is 16.6. The van der Waals surface area contributed by atoms with Crippen LogP contribution in [0.25, 0.3) is 0 Å². The summed E-state index contributed by atoms with van der Waals surface area (Å²) in [5.74, 6) is 0.382. The summed E-state index contributed by atoms with van der Waals surface area (Å²) in [6.45, 7) is 7.50. The van der Waals surface area contributed by atoms with Gasteiger partial charge in [0.1, 0.15) is 6.10 Å². The molecule has 0 aromatic heterocycles. The molecule has 92 valence electrons. The van der Waals surface area contributed by atoms with Gasteiger partial charge in [-0.3, -0.25) is 0 Å². The fourth-order valence-corrected chi connectivity index (χ4v) is 2.06. The van der Waals surface area contributed by atoms with Crippen molar-refractivity contribution < 1.29 is 14.3 Å². The molecule has 16 heavy (non-hydrogen) atoms. The first-order chi connectivity index (χ1) is 7.54. The van der Waals surface area contributed by atoms with Gasteiger partial charge in [-0.05, 0) is 38.5 Å². The van der Waals surface area contributed by atoms with E-state index in [1.54, 1.807) is 14.0 Å². The summed E-state index contributed by atoms with van der Waals surface area (Å²) >= 11 is 0. The molecule has 3 unspecified atom stereocenters. The van der Waals surface area contributed by atoms with E-state index in [0.29, 0.717) is 11.5 Å². The van der Waals surface area contributed by atoms with E-state index in [1.807, 2.05) is 0 Å². The topological polar surface area (TPSA) is 35.5 Å². The van der Waals surface area contributed by atoms with Crippen molar-refractivity contribution in [3.63, 3.8) is 0 Å². The lowest BCUT2D eigenvalue weighted by atomic mass is 10.0. The Bertz CT molecular complexity index is 260. The zero-order valence-electron chi connectivity index (χ0n) is 10.5. The first-order valence-corrected chi connectivity index (χ1v) is 5.94. The largest absolute Gasteiger partial charge is 0.456 e. The number of carbonyl (C=O) groups excluding carboxylic acids is 1. The highest BCUT2D eigenvalue weighted by molar-refractivity contribution is 5.87. The van der Waals surface area contributed by atoms with Crippen LogP contribution < -0.4 is 0 Å². The van der Waals surface area contributed by atoms with Gasteiger partial charge in [0.05, 0.1) is 6.10 Å². The SMILES string of the molecule is C=C(C)C(=O)OC1CCC(C)CCC1OC. The van der Waals surface area contributed by atoms with E-state index in [-0.39, 0.29) is 18.2 Å². The summed E-state index contributed by atoms with van der Waals surface area (Å²) in [7, 11) is 1.68. The lowest BCUT2D eigenvalue weighted by Crippen LogP contribution is -2.32. The average Bonchev–Trinajstić information content (AvgIpc) is 2.41. The van der Waals surface area contributed by atoms with Crippen molar-refractivity contribution in [2.75, 3.05) is 7.11 Å². The van der Waals surface area contributed by atoms with Gasteiger partial charge in [-0.1, -0.05) is 13.5 Å². The maximum atomic E-state index is 11.5. The second kappa shape index (κ2) is 6.04. The third-order valence-corrected chi connectivity index (χ3v) is 3.21. The molecule has 1 aliphatic rings. The van der Waals surface area contributed by atoms with Crippen molar-refractivity contribution in [3.8, 4) is 0 Å². The van der Waals surface area contributed by atoms with Crippen LogP contribution in [0.5, 0.6) is 0 Å². The Morgan fingerprint density at radius 1 is 1.19 bits per heavy atom. The van der Waals surface area contributed by atoms with Crippen LogP contribution in [0.1, 0.15) is 39.5 Å². The molecule has 0 aromatic carbocycles. The van der Waals surface area contributed by atoms with Gasteiger partial charge in [0.2, 0.25) is 0 Å². The van der Waals surface area contributed by atoms with Gasteiger partial charge in [-0.2, -0.15) is 0 Å². The monoisotopic (exact) mass is 226 g/mol. The van der Waals surface area contributed by atoms with Crippen molar-refractivity contribution >= 4 is 5.97 Å². The first-order valence-electron chi connectivity index (χ1n) is 5.94. The molecule has 3 heteroatoms. The Balaban J connectivity index is 2.60. The lowest BCUT2D eigenvalue weighted by molar-refractivity contribution is -0.151. The number of rotatable bonds is 3. The van der Waals surface area contributed by atoms with Gasteiger partial charge in [-0.25, -0.2) is 4.79 Å². The van der Waals surface area contributed by atoms with Gasteiger partial charge in [-0.15, -0.1) is 0 Å². The maximum absolute atomic E-state index is 11.5.